The highest BCUT2D eigenvalue weighted by Crippen LogP contribution is 2.23. The Kier molecular flexibility index (Phi) is 4.45. The van der Waals surface area contributed by atoms with Crippen molar-refractivity contribution in [3.63, 3.8) is 0 Å². The number of anilines is 1. The second-order valence-electron chi connectivity index (χ2n) is 4.39. The van der Waals surface area contributed by atoms with Gasteiger partial charge < -0.3 is 15.5 Å². The van der Waals surface area contributed by atoms with Crippen molar-refractivity contribution in [2.24, 2.45) is 0 Å². The van der Waals surface area contributed by atoms with Gasteiger partial charge in [0.15, 0.2) is 0 Å². The molecular weight excluding hydrogens is 294 g/mol. The number of aromatic hydroxyl groups is 1. The number of amides is 1. The fraction of sp³-hybridized carbons (Fsp3) is 0.0667. The fourth-order valence-electron chi connectivity index (χ4n) is 1.82. The summed E-state index contributed by atoms with van der Waals surface area (Å²) < 4.78 is 0. The van der Waals surface area contributed by atoms with Crippen molar-refractivity contribution in [2.75, 3.05) is 5.32 Å². The summed E-state index contributed by atoms with van der Waals surface area (Å²) in [4.78, 5) is 22.7. The number of halogens is 1. The summed E-state index contributed by atoms with van der Waals surface area (Å²) in [6.07, 6.45) is -0.133. The Morgan fingerprint density at radius 3 is 2.62 bits per heavy atom. The Morgan fingerprint density at radius 2 is 1.90 bits per heavy atom. The third-order valence-electron chi connectivity index (χ3n) is 2.74. The molecule has 0 fully saturated rings. The zero-order valence-electron chi connectivity index (χ0n) is 10.8. The topological polar surface area (TPSA) is 86.6 Å². The number of hydrogen-bond acceptors (Lipinski definition) is 3. The van der Waals surface area contributed by atoms with Crippen LogP contribution >= 0.6 is 11.6 Å². The van der Waals surface area contributed by atoms with Gasteiger partial charge in [-0.25, -0.2) is 0 Å². The molecule has 0 aliphatic heterocycles. The van der Waals surface area contributed by atoms with Crippen LogP contribution in [0.4, 0.5) is 5.69 Å². The Labute approximate surface area is 125 Å². The molecule has 0 saturated carbocycles. The number of carboxylic acid groups (broad SMARTS) is 1. The van der Waals surface area contributed by atoms with Crippen molar-refractivity contribution in [1.29, 1.82) is 0 Å². The molecule has 6 heteroatoms. The predicted octanol–water partition coefficient (Wildman–Crippen LogP) is 2.93. The lowest BCUT2D eigenvalue weighted by atomic mass is 10.1. The molecule has 2 aromatic carbocycles. The molecule has 5 nitrogen and oxygen atoms in total. The number of rotatable bonds is 4. The number of benzene rings is 2. The number of hydrogen-bond donors (Lipinski definition) is 3. The van der Waals surface area contributed by atoms with Crippen LogP contribution in [0, 0.1) is 0 Å². The minimum absolute atomic E-state index is 0.0473. The van der Waals surface area contributed by atoms with Crippen LogP contribution in [-0.2, 0) is 11.2 Å². The summed E-state index contributed by atoms with van der Waals surface area (Å²) in [7, 11) is 0. The zero-order chi connectivity index (χ0) is 15.4. The van der Waals surface area contributed by atoms with E-state index in [0.29, 0.717) is 16.3 Å². The summed E-state index contributed by atoms with van der Waals surface area (Å²) in [5.74, 6) is -1.66. The molecule has 108 valence electrons. The standard InChI is InChI=1S/C15H12ClNO4/c16-10-4-5-13(18)12(8-10)15(21)17-11-3-1-2-9(6-11)7-14(19)20/h1-6,8,18H,7H2,(H,17,21)(H,19,20). The molecule has 0 aromatic heterocycles. The highest BCUT2D eigenvalue weighted by Gasteiger charge is 2.12. The van der Waals surface area contributed by atoms with Crippen molar-refractivity contribution < 1.29 is 19.8 Å². The van der Waals surface area contributed by atoms with Gasteiger partial charge in [0.2, 0.25) is 0 Å². The maximum Gasteiger partial charge on any atom is 0.307 e. The molecule has 0 spiro atoms. The maximum atomic E-state index is 12.1. The first-order chi connectivity index (χ1) is 9.95. The van der Waals surface area contributed by atoms with Crippen molar-refractivity contribution in [3.05, 3.63) is 58.6 Å². The SMILES string of the molecule is O=C(O)Cc1cccc(NC(=O)c2cc(Cl)ccc2O)c1. The average Bonchev–Trinajstić information content (AvgIpc) is 2.41. The van der Waals surface area contributed by atoms with E-state index in [0.717, 1.165) is 0 Å². The van der Waals surface area contributed by atoms with E-state index in [4.69, 9.17) is 16.7 Å². The van der Waals surface area contributed by atoms with Crippen LogP contribution < -0.4 is 5.32 Å². The summed E-state index contributed by atoms with van der Waals surface area (Å²) in [6, 6.07) is 10.7. The fourth-order valence-corrected chi connectivity index (χ4v) is 1.99. The number of carbonyl (C=O) groups excluding carboxylic acids is 1. The highest BCUT2D eigenvalue weighted by molar-refractivity contribution is 6.31. The molecule has 1 amide bonds. The number of phenolic OH excluding ortho intramolecular Hbond substituents is 1. The number of carbonyl (C=O) groups is 2. The van der Waals surface area contributed by atoms with Crippen molar-refractivity contribution in [2.45, 2.75) is 6.42 Å². The smallest absolute Gasteiger partial charge is 0.307 e. The molecule has 0 heterocycles. The molecule has 0 bridgehead atoms. The van der Waals surface area contributed by atoms with Crippen LogP contribution in [0.15, 0.2) is 42.5 Å². The van der Waals surface area contributed by atoms with Crippen LogP contribution in [0.5, 0.6) is 5.75 Å². The molecular formula is C15H12ClNO4. The van der Waals surface area contributed by atoms with E-state index in [1.54, 1.807) is 24.3 Å². The van der Waals surface area contributed by atoms with Gasteiger partial charge in [-0.2, -0.15) is 0 Å². The minimum Gasteiger partial charge on any atom is -0.507 e. The normalized spacial score (nSPS) is 10.1. The maximum absolute atomic E-state index is 12.1. The largest absolute Gasteiger partial charge is 0.507 e. The van der Waals surface area contributed by atoms with Crippen LogP contribution in [0.1, 0.15) is 15.9 Å². The number of aliphatic carboxylic acids is 1. The van der Waals surface area contributed by atoms with Gasteiger partial charge in [0, 0.05) is 10.7 Å². The Morgan fingerprint density at radius 1 is 1.14 bits per heavy atom. The van der Waals surface area contributed by atoms with Gasteiger partial charge in [-0.05, 0) is 35.9 Å². The van der Waals surface area contributed by atoms with E-state index in [1.807, 2.05) is 0 Å². The minimum atomic E-state index is -0.953. The monoisotopic (exact) mass is 305 g/mol. The van der Waals surface area contributed by atoms with E-state index in [9.17, 15) is 14.7 Å². The summed E-state index contributed by atoms with van der Waals surface area (Å²) >= 11 is 5.79. The number of carboxylic acids is 1. The van der Waals surface area contributed by atoms with Crippen molar-refractivity contribution >= 4 is 29.2 Å². The number of nitrogens with one attached hydrogen (secondary N) is 1. The molecule has 2 aromatic rings. The summed E-state index contributed by atoms with van der Waals surface area (Å²) in [5, 5.41) is 21.3. The van der Waals surface area contributed by atoms with Gasteiger partial charge in [-0.1, -0.05) is 23.7 Å². The Hall–Kier alpha value is -2.53. The zero-order valence-corrected chi connectivity index (χ0v) is 11.6. The van der Waals surface area contributed by atoms with Gasteiger partial charge in [0.05, 0.1) is 12.0 Å². The quantitative estimate of drug-likeness (QED) is 0.810. The first-order valence-electron chi connectivity index (χ1n) is 6.06. The third kappa shape index (κ3) is 3.97. The third-order valence-corrected chi connectivity index (χ3v) is 2.98. The molecule has 21 heavy (non-hydrogen) atoms. The molecule has 0 saturated heterocycles. The van der Waals surface area contributed by atoms with E-state index in [1.165, 1.54) is 18.2 Å². The number of phenols is 1. The second-order valence-corrected chi connectivity index (χ2v) is 4.82. The highest BCUT2D eigenvalue weighted by atomic mass is 35.5. The average molecular weight is 306 g/mol. The van der Waals surface area contributed by atoms with Gasteiger partial charge in [-0.3, -0.25) is 9.59 Å². The summed E-state index contributed by atoms with van der Waals surface area (Å²) in [5.41, 5.74) is 1.06. The van der Waals surface area contributed by atoms with Crippen LogP contribution in [0.2, 0.25) is 5.02 Å². The lowest BCUT2D eigenvalue weighted by molar-refractivity contribution is -0.136. The second kappa shape index (κ2) is 6.28. The van der Waals surface area contributed by atoms with Gasteiger partial charge in [-0.15, -0.1) is 0 Å². The van der Waals surface area contributed by atoms with E-state index >= 15 is 0 Å². The first kappa shape index (κ1) is 14.9. The lowest BCUT2D eigenvalue weighted by Crippen LogP contribution is -2.12. The Bertz CT molecular complexity index is 700. The van der Waals surface area contributed by atoms with E-state index in [-0.39, 0.29) is 17.7 Å². The molecule has 0 radical (unpaired) electrons. The molecule has 0 unspecified atom stereocenters. The molecule has 0 atom stereocenters. The van der Waals surface area contributed by atoms with Gasteiger partial charge >= 0.3 is 5.97 Å². The van der Waals surface area contributed by atoms with Crippen molar-refractivity contribution in [3.8, 4) is 5.75 Å². The van der Waals surface area contributed by atoms with Crippen LogP contribution in [0.25, 0.3) is 0 Å². The molecule has 3 N–H and O–H groups in total. The Balaban J connectivity index is 2.19. The van der Waals surface area contributed by atoms with E-state index in [2.05, 4.69) is 5.32 Å². The predicted molar refractivity (Wildman–Crippen MR) is 78.9 cm³/mol. The van der Waals surface area contributed by atoms with Crippen LogP contribution in [0.3, 0.4) is 0 Å². The van der Waals surface area contributed by atoms with Gasteiger partial charge in [0.1, 0.15) is 5.75 Å². The first-order valence-corrected chi connectivity index (χ1v) is 6.44. The molecule has 0 aliphatic rings. The summed E-state index contributed by atoms with van der Waals surface area (Å²) in [6.45, 7) is 0. The van der Waals surface area contributed by atoms with Gasteiger partial charge in [0.25, 0.3) is 5.91 Å². The van der Waals surface area contributed by atoms with Crippen molar-refractivity contribution in [1.82, 2.24) is 0 Å². The molecule has 0 aliphatic carbocycles. The molecule has 2 rings (SSSR count). The lowest BCUT2D eigenvalue weighted by Gasteiger charge is -2.08. The van der Waals surface area contributed by atoms with E-state index < -0.39 is 11.9 Å². The van der Waals surface area contributed by atoms with Crippen LogP contribution in [-0.4, -0.2) is 22.1 Å².